The lowest BCUT2D eigenvalue weighted by atomic mass is 10.1. The van der Waals surface area contributed by atoms with Crippen molar-refractivity contribution in [3.8, 4) is 0 Å². The highest BCUT2D eigenvalue weighted by atomic mass is 31.2. The predicted octanol–water partition coefficient (Wildman–Crippen LogP) is 10.5. The molecule has 0 rings (SSSR count). The lowest BCUT2D eigenvalue weighted by molar-refractivity contribution is -0.161. The smallest absolute Gasteiger partial charge is 0.462 e. The van der Waals surface area contributed by atoms with Gasteiger partial charge in [0.1, 0.15) is 6.61 Å². The van der Waals surface area contributed by atoms with Gasteiger partial charge in [0, 0.05) is 12.8 Å². The van der Waals surface area contributed by atoms with E-state index in [4.69, 9.17) is 19.3 Å². The number of phosphoric acid groups is 1. The first-order chi connectivity index (χ1) is 21.8. The average Bonchev–Trinajstić information content (AvgIpc) is 3.00. The van der Waals surface area contributed by atoms with Gasteiger partial charge in [0.2, 0.25) is 0 Å². The Bertz CT molecular complexity index is 792. The molecule has 0 bridgehead atoms. The van der Waals surface area contributed by atoms with E-state index < -0.39 is 32.5 Å². The maximum absolute atomic E-state index is 12.3. The number of hydrogen-bond donors (Lipinski definition) is 2. The van der Waals surface area contributed by atoms with E-state index >= 15 is 0 Å². The Hall–Kier alpha value is -1.47. The van der Waals surface area contributed by atoms with Gasteiger partial charge in [-0.2, -0.15) is 0 Å². The van der Waals surface area contributed by atoms with Crippen molar-refractivity contribution in [1.82, 2.24) is 0 Å². The fourth-order valence-electron chi connectivity index (χ4n) is 4.99. The molecular formula is C36H67O8P. The normalized spacial score (nSPS) is 12.7. The van der Waals surface area contributed by atoms with Gasteiger partial charge in [0.15, 0.2) is 6.10 Å². The first-order valence-electron chi connectivity index (χ1n) is 18.1. The van der Waals surface area contributed by atoms with Gasteiger partial charge < -0.3 is 19.3 Å². The third-order valence-electron chi connectivity index (χ3n) is 7.72. The van der Waals surface area contributed by atoms with Crippen LogP contribution in [0.1, 0.15) is 174 Å². The van der Waals surface area contributed by atoms with Crippen LogP contribution in [-0.2, 0) is 28.2 Å². The minimum atomic E-state index is -4.74. The number of esters is 2. The van der Waals surface area contributed by atoms with E-state index in [0.29, 0.717) is 6.42 Å². The Labute approximate surface area is 275 Å². The molecule has 0 aromatic rings. The number of carbonyl (C=O) groups is 2. The van der Waals surface area contributed by atoms with Crippen LogP contribution in [0, 0.1) is 0 Å². The molecule has 0 aliphatic carbocycles. The number of carbonyl (C=O) groups excluding carboxylic acids is 2. The van der Waals surface area contributed by atoms with Crippen LogP contribution in [0.25, 0.3) is 0 Å². The SMILES string of the molecule is CCCCCC/C=C\C/C=C\CCCCCCCCCC(=O)OC(COC(=O)CCCCCCCCCCC)COP(=O)(O)O. The van der Waals surface area contributed by atoms with E-state index in [1.807, 2.05) is 0 Å². The second-order valence-electron chi connectivity index (χ2n) is 12.2. The molecule has 0 saturated carbocycles. The molecule has 45 heavy (non-hydrogen) atoms. The van der Waals surface area contributed by atoms with Crippen LogP contribution in [-0.4, -0.2) is 41.0 Å². The van der Waals surface area contributed by atoms with Gasteiger partial charge in [-0.3, -0.25) is 14.1 Å². The molecule has 264 valence electrons. The molecule has 0 saturated heterocycles. The van der Waals surface area contributed by atoms with Gasteiger partial charge in [-0.15, -0.1) is 0 Å². The van der Waals surface area contributed by atoms with Gasteiger partial charge in [0.25, 0.3) is 0 Å². The zero-order chi connectivity index (χ0) is 33.3. The highest BCUT2D eigenvalue weighted by Crippen LogP contribution is 2.36. The molecule has 0 spiro atoms. The molecule has 9 heteroatoms. The zero-order valence-corrected chi connectivity index (χ0v) is 29.7. The molecule has 1 atom stereocenters. The summed E-state index contributed by atoms with van der Waals surface area (Å²) in [6.07, 6.45) is 34.8. The predicted molar refractivity (Wildman–Crippen MR) is 184 cm³/mol. The van der Waals surface area contributed by atoms with Crippen LogP contribution in [0.5, 0.6) is 0 Å². The second-order valence-corrected chi connectivity index (χ2v) is 13.4. The summed E-state index contributed by atoms with van der Waals surface area (Å²) in [4.78, 5) is 42.5. The largest absolute Gasteiger partial charge is 0.469 e. The van der Waals surface area contributed by atoms with Crippen LogP contribution in [0.2, 0.25) is 0 Å². The topological polar surface area (TPSA) is 119 Å². The summed E-state index contributed by atoms with van der Waals surface area (Å²) in [7, 11) is -4.74. The van der Waals surface area contributed by atoms with Crippen molar-refractivity contribution in [2.75, 3.05) is 13.2 Å². The monoisotopic (exact) mass is 658 g/mol. The lowest BCUT2D eigenvalue weighted by Gasteiger charge is -2.18. The number of unbranched alkanes of at least 4 members (excludes halogenated alkanes) is 19. The van der Waals surface area contributed by atoms with Gasteiger partial charge in [-0.05, 0) is 44.9 Å². The highest BCUT2D eigenvalue weighted by Gasteiger charge is 2.22. The number of ether oxygens (including phenoxy) is 2. The molecule has 0 aliphatic heterocycles. The van der Waals surface area contributed by atoms with Crippen molar-refractivity contribution in [3.05, 3.63) is 24.3 Å². The Morgan fingerprint density at radius 3 is 1.49 bits per heavy atom. The Balaban J connectivity index is 3.96. The van der Waals surface area contributed by atoms with Crippen LogP contribution >= 0.6 is 7.82 Å². The maximum atomic E-state index is 12.3. The van der Waals surface area contributed by atoms with E-state index in [2.05, 4.69) is 42.7 Å². The zero-order valence-electron chi connectivity index (χ0n) is 28.8. The molecule has 8 nitrogen and oxygen atoms in total. The molecular weight excluding hydrogens is 591 g/mol. The minimum absolute atomic E-state index is 0.205. The van der Waals surface area contributed by atoms with E-state index in [1.54, 1.807) is 0 Å². The molecule has 0 aromatic heterocycles. The second kappa shape index (κ2) is 32.5. The number of rotatable bonds is 33. The fraction of sp³-hybridized carbons (Fsp3) is 0.833. The Morgan fingerprint density at radius 2 is 1.00 bits per heavy atom. The summed E-state index contributed by atoms with van der Waals surface area (Å²) < 4.78 is 26.2. The van der Waals surface area contributed by atoms with E-state index in [1.165, 1.54) is 89.9 Å². The summed E-state index contributed by atoms with van der Waals surface area (Å²) in [5.41, 5.74) is 0. The third-order valence-corrected chi connectivity index (χ3v) is 8.21. The molecule has 2 N–H and O–H groups in total. The molecule has 0 amide bonds. The fourth-order valence-corrected chi connectivity index (χ4v) is 5.35. The molecule has 0 fully saturated rings. The van der Waals surface area contributed by atoms with Crippen molar-refractivity contribution >= 4 is 19.8 Å². The number of allylic oxidation sites excluding steroid dienone is 4. The van der Waals surface area contributed by atoms with Gasteiger partial charge in [-0.25, -0.2) is 4.57 Å². The quantitative estimate of drug-likeness (QED) is 0.0309. The van der Waals surface area contributed by atoms with Crippen molar-refractivity contribution in [2.24, 2.45) is 0 Å². The summed E-state index contributed by atoms with van der Waals surface area (Å²) in [6.45, 7) is 3.62. The van der Waals surface area contributed by atoms with Crippen molar-refractivity contribution < 1.29 is 37.9 Å². The summed E-state index contributed by atoms with van der Waals surface area (Å²) in [5.74, 6) is -0.894. The third kappa shape index (κ3) is 35.2. The Kier molecular flexibility index (Phi) is 31.4. The first-order valence-corrected chi connectivity index (χ1v) is 19.7. The standard InChI is InChI=1S/C36H67O8P/c1-3-5-7-9-11-13-14-15-16-17-18-19-20-21-23-25-27-29-31-36(38)44-34(33-43-45(39,40)41)32-42-35(37)30-28-26-24-22-12-10-8-6-4-2/h13-14,16-17,34H,3-12,15,18-33H2,1-2H3,(H2,39,40,41)/b14-13-,17-16-. The van der Waals surface area contributed by atoms with Crippen LogP contribution in [0.15, 0.2) is 24.3 Å². The minimum Gasteiger partial charge on any atom is -0.462 e. The lowest BCUT2D eigenvalue weighted by Crippen LogP contribution is -2.29. The van der Waals surface area contributed by atoms with E-state index in [9.17, 15) is 14.2 Å². The van der Waals surface area contributed by atoms with Crippen LogP contribution < -0.4 is 0 Å². The molecule has 1 unspecified atom stereocenters. The van der Waals surface area contributed by atoms with Crippen molar-refractivity contribution in [1.29, 1.82) is 0 Å². The van der Waals surface area contributed by atoms with E-state index in [-0.39, 0.29) is 19.4 Å². The van der Waals surface area contributed by atoms with Gasteiger partial charge in [-0.1, -0.05) is 141 Å². The van der Waals surface area contributed by atoms with Gasteiger partial charge in [0.05, 0.1) is 6.61 Å². The average molecular weight is 659 g/mol. The maximum Gasteiger partial charge on any atom is 0.469 e. The number of hydrogen-bond acceptors (Lipinski definition) is 6. The van der Waals surface area contributed by atoms with Crippen LogP contribution in [0.4, 0.5) is 0 Å². The first kappa shape index (κ1) is 43.5. The molecule has 0 aromatic carbocycles. The summed E-state index contributed by atoms with van der Waals surface area (Å²) in [5, 5.41) is 0. The van der Waals surface area contributed by atoms with E-state index in [0.717, 1.165) is 51.4 Å². The van der Waals surface area contributed by atoms with Crippen molar-refractivity contribution in [2.45, 2.75) is 180 Å². The van der Waals surface area contributed by atoms with Gasteiger partial charge >= 0.3 is 19.8 Å². The summed E-state index contributed by atoms with van der Waals surface area (Å²) >= 11 is 0. The molecule has 0 radical (unpaired) electrons. The molecule has 0 aliphatic rings. The highest BCUT2D eigenvalue weighted by molar-refractivity contribution is 7.46. The summed E-state index contributed by atoms with van der Waals surface area (Å²) in [6, 6.07) is 0. The van der Waals surface area contributed by atoms with Crippen molar-refractivity contribution in [3.63, 3.8) is 0 Å². The Morgan fingerprint density at radius 1 is 0.578 bits per heavy atom. The molecule has 0 heterocycles. The van der Waals surface area contributed by atoms with Crippen LogP contribution in [0.3, 0.4) is 0 Å². The number of phosphoric ester groups is 1.